The molecule has 1 aliphatic rings. The molecule has 106 valence electrons. The minimum Gasteiger partial charge on any atom is -0.357 e. The second kappa shape index (κ2) is 7.15. The number of hydrogen-bond acceptors (Lipinski definition) is 4. The van der Waals surface area contributed by atoms with Crippen LogP contribution in [0.25, 0.3) is 0 Å². The highest BCUT2D eigenvalue weighted by Gasteiger charge is 2.20. The Morgan fingerprint density at radius 1 is 1.47 bits per heavy atom. The number of nitrogens with zero attached hydrogens (tertiary/aromatic N) is 2. The molecule has 0 spiro atoms. The lowest BCUT2D eigenvalue weighted by molar-refractivity contribution is 0.659. The molecule has 1 aromatic heterocycles. The molecule has 0 radical (unpaired) electrons. The summed E-state index contributed by atoms with van der Waals surface area (Å²) >= 11 is 1.90. The van der Waals surface area contributed by atoms with Crippen LogP contribution in [0.3, 0.4) is 0 Å². The Balaban J connectivity index is 1.85. The van der Waals surface area contributed by atoms with Gasteiger partial charge in [-0.1, -0.05) is 6.07 Å². The first-order chi connectivity index (χ1) is 9.20. The predicted octanol–water partition coefficient (Wildman–Crippen LogP) is 2.91. The van der Waals surface area contributed by atoms with Crippen LogP contribution in [0, 0.1) is 0 Å². The van der Waals surface area contributed by atoms with Crippen LogP contribution in [0.15, 0.2) is 18.3 Å². The number of pyridine rings is 1. The highest BCUT2D eigenvalue weighted by Crippen LogP contribution is 2.20. The molecule has 1 heterocycles. The predicted molar refractivity (Wildman–Crippen MR) is 85.0 cm³/mol. The highest BCUT2D eigenvalue weighted by atomic mass is 32.2. The first kappa shape index (κ1) is 14.7. The Hall–Kier alpha value is -0.740. The molecule has 2 rings (SSSR count). The molecule has 0 aliphatic heterocycles. The van der Waals surface area contributed by atoms with Crippen LogP contribution < -0.4 is 10.2 Å². The third-order valence-corrected chi connectivity index (χ3v) is 4.39. The Morgan fingerprint density at radius 2 is 2.26 bits per heavy atom. The van der Waals surface area contributed by atoms with Gasteiger partial charge in [0.2, 0.25) is 0 Å². The van der Waals surface area contributed by atoms with E-state index in [9.17, 15) is 0 Å². The number of nitrogens with one attached hydrogen (secondary N) is 1. The number of thioether (sulfide) groups is 1. The van der Waals surface area contributed by atoms with Gasteiger partial charge in [-0.15, -0.1) is 0 Å². The van der Waals surface area contributed by atoms with Gasteiger partial charge in [-0.05, 0) is 49.8 Å². The summed E-state index contributed by atoms with van der Waals surface area (Å²) in [4.78, 5) is 6.86. The Morgan fingerprint density at radius 3 is 2.84 bits per heavy atom. The molecular weight excluding hydrogens is 254 g/mol. The molecule has 1 atom stereocenters. The minimum atomic E-state index is 0.537. The summed E-state index contributed by atoms with van der Waals surface area (Å²) in [5, 5.41) is 3.52. The molecule has 4 heteroatoms. The third-order valence-electron chi connectivity index (χ3n) is 3.74. The zero-order valence-electron chi connectivity index (χ0n) is 12.2. The zero-order valence-corrected chi connectivity index (χ0v) is 13.0. The molecule has 3 nitrogen and oxygen atoms in total. The van der Waals surface area contributed by atoms with Crippen LogP contribution in [0.2, 0.25) is 0 Å². The van der Waals surface area contributed by atoms with Crippen LogP contribution >= 0.6 is 11.8 Å². The molecule has 0 bridgehead atoms. The maximum Gasteiger partial charge on any atom is 0.128 e. The minimum absolute atomic E-state index is 0.537. The topological polar surface area (TPSA) is 28.2 Å². The van der Waals surface area contributed by atoms with E-state index in [1.807, 2.05) is 18.0 Å². The molecule has 0 aromatic carbocycles. The van der Waals surface area contributed by atoms with Gasteiger partial charge >= 0.3 is 0 Å². The van der Waals surface area contributed by atoms with Crippen LogP contribution in [-0.2, 0) is 6.54 Å². The number of rotatable bonds is 8. The van der Waals surface area contributed by atoms with E-state index < -0.39 is 0 Å². The van der Waals surface area contributed by atoms with E-state index in [1.54, 1.807) is 0 Å². The van der Waals surface area contributed by atoms with Crippen molar-refractivity contribution in [3.8, 4) is 0 Å². The molecule has 1 aromatic rings. The van der Waals surface area contributed by atoms with Crippen LogP contribution in [0.5, 0.6) is 0 Å². The number of hydrogen-bond donors (Lipinski definition) is 1. The molecule has 1 fully saturated rings. The van der Waals surface area contributed by atoms with Crippen molar-refractivity contribution in [2.24, 2.45) is 0 Å². The van der Waals surface area contributed by atoms with Gasteiger partial charge in [0.15, 0.2) is 0 Å². The van der Waals surface area contributed by atoms with Gasteiger partial charge in [0.1, 0.15) is 5.82 Å². The Labute approximate surface area is 121 Å². The fourth-order valence-electron chi connectivity index (χ4n) is 1.99. The first-order valence-corrected chi connectivity index (χ1v) is 8.50. The molecule has 1 aliphatic carbocycles. The Bertz CT molecular complexity index is 375. The van der Waals surface area contributed by atoms with Crippen molar-refractivity contribution in [3.05, 3.63) is 23.9 Å². The van der Waals surface area contributed by atoms with Crippen molar-refractivity contribution in [3.63, 3.8) is 0 Å². The summed E-state index contributed by atoms with van der Waals surface area (Å²) in [5.74, 6) is 2.28. The molecule has 1 saturated carbocycles. The number of aromatic nitrogens is 1. The molecule has 1 unspecified atom stereocenters. The summed E-state index contributed by atoms with van der Waals surface area (Å²) < 4.78 is 0. The first-order valence-electron chi connectivity index (χ1n) is 7.10. The summed E-state index contributed by atoms with van der Waals surface area (Å²) in [5.41, 5.74) is 1.28. The molecule has 1 N–H and O–H groups in total. The van der Waals surface area contributed by atoms with Crippen molar-refractivity contribution in [2.45, 2.75) is 44.8 Å². The molecule has 0 saturated heterocycles. The number of anilines is 1. The summed E-state index contributed by atoms with van der Waals surface area (Å²) in [6.07, 6.45) is 8.03. The van der Waals surface area contributed by atoms with Gasteiger partial charge in [-0.25, -0.2) is 4.98 Å². The summed E-state index contributed by atoms with van der Waals surface area (Å²) in [6.45, 7) is 3.21. The van der Waals surface area contributed by atoms with Gasteiger partial charge in [0.25, 0.3) is 0 Å². The van der Waals surface area contributed by atoms with E-state index in [0.717, 1.165) is 18.4 Å². The maximum absolute atomic E-state index is 4.59. The van der Waals surface area contributed by atoms with Gasteiger partial charge in [-0.2, -0.15) is 11.8 Å². The van der Waals surface area contributed by atoms with Crippen molar-refractivity contribution in [1.82, 2.24) is 10.3 Å². The van der Waals surface area contributed by atoms with Crippen molar-refractivity contribution < 1.29 is 0 Å². The lowest BCUT2D eigenvalue weighted by atomic mass is 10.2. The summed E-state index contributed by atoms with van der Waals surface area (Å²) in [6, 6.07) is 5.62. The van der Waals surface area contributed by atoms with Gasteiger partial charge < -0.3 is 10.2 Å². The quantitative estimate of drug-likeness (QED) is 0.792. The van der Waals surface area contributed by atoms with Crippen molar-refractivity contribution >= 4 is 17.6 Å². The SMILES string of the molecule is CSCCC(C)N(C)c1ccc(CNC2CC2)cn1. The monoisotopic (exact) mass is 279 g/mol. The van der Waals surface area contributed by atoms with Crippen LogP contribution in [0.1, 0.15) is 31.7 Å². The Kier molecular flexibility index (Phi) is 5.52. The van der Waals surface area contributed by atoms with Crippen molar-refractivity contribution in [1.29, 1.82) is 0 Å². The van der Waals surface area contributed by atoms with Crippen LogP contribution in [-0.4, -0.2) is 36.1 Å². The van der Waals surface area contributed by atoms with Gasteiger partial charge in [-0.3, -0.25) is 0 Å². The van der Waals surface area contributed by atoms with E-state index in [-0.39, 0.29) is 0 Å². The van der Waals surface area contributed by atoms with Crippen LogP contribution in [0.4, 0.5) is 5.82 Å². The van der Waals surface area contributed by atoms with Gasteiger partial charge in [0, 0.05) is 31.9 Å². The standard InChI is InChI=1S/C15H25N3S/c1-12(8-9-19-3)18(2)15-7-4-13(11-17-15)10-16-14-5-6-14/h4,7,11-12,14,16H,5-6,8-10H2,1-3H3. The lowest BCUT2D eigenvalue weighted by Crippen LogP contribution is -2.30. The average Bonchev–Trinajstić information content (AvgIpc) is 3.26. The third kappa shape index (κ3) is 4.69. The smallest absolute Gasteiger partial charge is 0.128 e. The van der Waals surface area contributed by atoms with E-state index in [2.05, 4.69) is 47.6 Å². The lowest BCUT2D eigenvalue weighted by Gasteiger charge is -2.25. The zero-order chi connectivity index (χ0) is 13.7. The highest BCUT2D eigenvalue weighted by molar-refractivity contribution is 7.98. The fraction of sp³-hybridized carbons (Fsp3) is 0.667. The maximum atomic E-state index is 4.59. The second-order valence-electron chi connectivity index (χ2n) is 5.42. The van der Waals surface area contributed by atoms with E-state index in [4.69, 9.17) is 0 Å². The molecular formula is C15H25N3S. The second-order valence-corrected chi connectivity index (χ2v) is 6.41. The summed E-state index contributed by atoms with van der Waals surface area (Å²) in [7, 11) is 2.13. The van der Waals surface area contributed by atoms with Crippen molar-refractivity contribution in [2.75, 3.05) is 24.0 Å². The van der Waals surface area contributed by atoms with E-state index in [0.29, 0.717) is 6.04 Å². The average molecular weight is 279 g/mol. The van der Waals surface area contributed by atoms with Gasteiger partial charge in [0.05, 0.1) is 0 Å². The molecule has 19 heavy (non-hydrogen) atoms. The van der Waals surface area contributed by atoms with E-state index >= 15 is 0 Å². The normalized spacial score (nSPS) is 16.4. The fourth-order valence-corrected chi connectivity index (χ4v) is 2.56. The largest absolute Gasteiger partial charge is 0.357 e. The van der Waals surface area contributed by atoms with E-state index in [1.165, 1.54) is 30.6 Å². The molecule has 0 amide bonds.